The van der Waals surface area contributed by atoms with Crippen LogP contribution in [0.25, 0.3) is 17.2 Å². The summed E-state index contributed by atoms with van der Waals surface area (Å²) in [6.45, 7) is 1.50. The zero-order valence-corrected chi connectivity index (χ0v) is 16.8. The molecule has 3 aromatic rings. The van der Waals surface area contributed by atoms with Crippen LogP contribution >= 0.6 is 0 Å². The van der Waals surface area contributed by atoms with Crippen LogP contribution in [0.2, 0.25) is 0 Å². The van der Waals surface area contributed by atoms with Crippen LogP contribution in [0, 0.1) is 0 Å². The second kappa shape index (κ2) is 9.32. The van der Waals surface area contributed by atoms with Crippen LogP contribution in [0.4, 0.5) is 5.69 Å². The summed E-state index contributed by atoms with van der Waals surface area (Å²) in [6.07, 6.45) is 1.48. The van der Waals surface area contributed by atoms with E-state index in [9.17, 15) is 13.2 Å². The Morgan fingerprint density at radius 1 is 0.828 bits per heavy atom. The van der Waals surface area contributed by atoms with Crippen molar-refractivity contribution in [2.45, 2.75) is 13.0 Å². The quantitative estimate of drug-likeness (QED) is 0.615. The highest BCUT2D eigenvalue weighted by molar-refractivity contribution is 7.92. The molecule has 1 atom stereocenters. The summed E-state index contributed by atoms with van der Waals surface area (Å²) in [7, 11) is -3.75. The largest absolute Gasteiger partial charge is 0.325 e. The van der Waals surface area contributed by atoms with E-state index in [2.05, 4.69) is 10.0 Å². The smallest absolute Gasteiger partial charge is 0.242 e. The Morgan fingerprint density at radius 2 is 1.38 bits per heavy atom. The lowest BCUT2D eigenvalue weighted by Crippen LogP contribution is -2.40. The van der Waals surface area contributed by atoms with E-state index in [0.29, 0.717) is 5.69 Å². The van der Waals surface area contributed by atoms with Crippen LogP contribution < -0.4 is 10.0 Å². The zero-order valence-electron chi connectivity index (χ0n) is 15.9. The molecule has 6 heteroatoms. The van der Waals surface area contributed by atoms with Crippen molar-refractivity contribution in [3.8, 4) is 11.1 Å². The van der Waals surface area contributed by atoms with Crippen molar-refractivity contribution in [3.63, 3.8) is 0 Å². The monoisotopic (exact) mass is 406 g/mol. The predicted molar refractivity (Wildman–Crippen MR) is 118 cm³/mol. The van der Waals surface area contributed by atoms with Crippen molar-refractivity contribution in [2.75, 3.05) is 5.32 Å². The maximum Gasteiger partial charge on any atom is 0.242 e. The molecule has 29 heavy (non-hydrogen) atoms. The maximum atomic E-state index is 12.4. The number of hydrogen-bond donors (Lipinski definition) is 2. The van der Waals surface area contributed by atoms with Crippen LogP contribution in [-0.4, -0.2) is 20.4 Å². The molecule has 1 unspecified atom stereocenters. The van der Waals surface area contributed by atoms with Crippen LogP contribution in [0.15, 0.2) is 90.3 Å². The van der Waals surface area contributed by atoms with E-state index in [1.807, 2.05) is 60.7 Å². The highest BCUT2D eigenvalue weighted by atomic mass is 32.2. The van der Waals surface area contributed by atoms with Gasteiger partial charge in [0.1, 0.15) is 0 Å². The Kier molecular flexibility index (Phi) is 6.59. The van der Waals surface area contributed by atoms with Crippen LogP contribution in [0.1, 0.15) is 12.5 Å². The van der Waals surface area contributed by atoms with Gasteiger partial charge in [0.05, 0.1) is 6.04 Å². The van der Waals surface area contributed by atoms with Gasteiger partial charge in [-0.2, -0.15) is 4.72 Å². The van der Waals surface area contributed by atoms with E-state index in [4.69, 9.17) is 0 Å². The molecule has 3 aromatic carbocycles. The van der Waals surface area contributed by atoms with Crippen molar-refractivity contribution < 1.29 is 13.2 Å². The first kappa shape index (κ1) is 20.5. The lowest BCUT2D eigenvalue weighted by atomic mass is 10.1. The first-order valence-corrected chi connectivity index (χ1v) is 10.7. The summed E-state index contributed by atoms with van der Waals surface area (Å²) in [5.41, 5.74) is 3.47. The Labute approximate surface area is 171 Å². The van der Waals surface area contributed by atoms with Gasteiger partial charge < -0.3 is 5.32 Å². The molecule has 0 fully saturated rings. The Balaban J connectivity index is 1.59. The maximum absolute atomic E-state index is 12.4. The Bertz CT molecular complexity index is 1080. The standard InChI is InChI=1S/C23H22N2O3S/c1-18(25-29(27,28)17-16-19-8-4-2-5-9-19)23(26)24-22-14-12-21(13-15-22)20-10-6-3-7-11-20/h2-18,25H,1H3,(H,24,26)/b17-16+. The summed E-state index contributed by atoms with van der Waals surface area (Å²) in [5.74, 6) is -0.436. The summed E-state index contributed by atoms with van der Waals surface area (Å²) in [5, 5.41) is 3.78. The summed E-state index contributed by atoms with van der Waals surface area (Å²) in [4.78, 5) is 12.4. The fourth-order valence-electron chi connectivity index (χ4n) is 2.70. The minimum Gasteiger partial charge on any atom is -0.325 e. The van der Waals surface area contributed by atoms with Crippen molar-refractivity contribution in [1.82, 2.24) is 4.72 Å². The zero-order chi connectivity index (χ0) is 20.7. The van der Waals surface area contributed by atoms with Gasteiger partial charge in [-0.1, -0.05) is 72.8 Å². The molecule has 1 amide bonds. The summed E-state index contributed by atoms with van der Waals surface area (Å²) >= 11 is 0. The van der Waals surface area contributed by atoms with Gasteiger partial charge in [-0.3, -0.25) is 4.79 Å². The average Bonchev–Trinajstić information content (AvgIpc) is 2.74. The topological polar surface area (TPSA) is 75.3 Å². The average molecular weight is 407 g/mol. The molecule has 0 bridgehead atoms. The van der Waals surface area contributed by atoms with Gasteiger partial charge in [-0.05, 0) is 41.8 Å². The second-order valence-electron chi connectivity index (χ2n) is 6.53. The van der Waals surface area contributed by atoms with Gasteiger partial charge in [-0.25, -0.2) is 8.42 Å². The van der Waals surface area contributed by atoms with Crippen LogP contribution in [0.5, 0.6) is 0 Å². The number of carbonyl (C=O) groups excluding carboxylic acids is 1. The minimum atomic E-state index is -3.75. The molecule has 0 heterocycles. The van der Waals surface area contributed by atoms with E-state index >= 15 is 0 Å². The predicted octanol–water partition coefficient (Wildman–Crippen LogP) is 4.27. The van der Waals surface area contributed by atoms with Crippen molar-refractivity contribution in [2.24, 2.45) is 0 Å². The van der Waals surface area contributed by atoms with Crippen molar-refractivity contribution >= 4 is 27.7 Å². The third-order valence-corrected chi connectivity index (χ3v) is 5.41. The normalized spacial score (nSPS) is 12.6. The van der Waals surface area contributed by atoms with Crippen molar-refractivity contribution in [3.05, 3.63) is 95.9 Å². The van der Waals surface area contributed by atoms with Gasteiger partial charge in [-0.15, -0.1) is 0 Å². The lowest BCUT2D eigenvalue weighted by Gasteiger charge is -2.13. The Morgan fingerprint density at radius 3 is 2.00 bits per heavy atom. The molecule has 2 N–H and O–H groups in total. The first-order valence-electron chi connectivity index (χ1n) is 9.15. The molecule has 0 aliphatic rings. The lowest BCUT2D eigenvalue weighted by molar-refractivity contribution is -0.117. The molecule has 5 nitrogen and oxygen atoms in total. The molecule has 0 aliphatic carbocycles. The minimum absolute atomic E-state index is 0.436. The molecule has 0 radical (unpaired) electrons. The highest BCUT2D eigenvalue weighted by Gasteiger charge is 2.18. The number of sulfonamides is 1. The van der Waals surface area contributed by atoms with Gasteiger partial charge in [0, 0.05) is 11.1 Å². The number of carbonyl (C=O) groups is 1. The number of anilines is 1. The van der Waals surface area contributed by atoms with Gasteiger partial charge in [0.15, 0.2) is 0 Å². The third-order valence-electron chi connectivity index (χ3n) is 4.23. The Hall–Kier alpha value is -3.22. The molecule has 0 spiro atoms. The second-order valence-corrected chi connectivity index (χ2v) is 8.13. The molecule has 3 rings (SSSR count). The van der Waals surface area contributed by atoms with E-state index in [1.54, 1.807) is 24.3 Å². The van der Waals surface area contributed by atoms with Gasteiger partial charge in [0.2, 0.25) is 15.9 Å². The molecule has 0 saturated carbocycles. The number of rotatable bonds is 7. The van der Waals surface area contributed by atoms with E-state index < -0.39 is 22.0 Å². The summed E-state index contributed by atoms with van der Waals surface area (Å²) in [6, 6.07) is 25.4. The first-order chi connectivity index (χ1) is 13.9. The molecular formula is C23H22N2O3S. The number of benzene rings is 3. The van der Waals surface area contributed by atoms with Crippen LogP contribution in [0.3, 0.4) is 0 Å². The summed E-state index contributed by atoms with van der Waals surface area (Å²) < 4.78 is 26.7. The number of amides is 1. The molecule has 0 aliphatic heterocycles. The number of nitrogens with one attached hydrogen (secondary N) is 2. The molecule has 0 saturated heterocycles. The van der Waals surface area contributed by atoms with Gasteiger partial charge >= 0.3 is 0 Å². The number of hydrogen-bond acceptors (Lipinski definition) is 3. The SMILES string of the molecule is CC(NS(=O)(=O)/C=C/c1ccccc1)C(=O)Nc1ccc(-c2ccccc2)cc1. The van der Waals surface area contributed by atoms with E-state index in [0.717, 1.165) is 22.1 Å². The third kappa shape index (κ3) is 6.14. The fraction of sp³-hybridized carbons (Fsp3) is 0.0870. The van der Waals surface area contributed by atoms with Crippen LogP contribution in [-0.2, 0) is 14.8 Å². The van der Waals surface area contributed by atoms with Gasteiger partial charge in [0.25, 0.3) is 0 Å². The fourth-order valence-corrected chi connectivity index (χ4v) is 3.71. The highest BCUT2D eigenvalue weighted by Crippen LogP contribution is 2.21. The molecule has 148 valence electrons. The molecular weight excluding hydrogens is 384 g/mol. The van der Waals surface area contributed by atoms with E-state index in [-0.39, 0.29) is 0 Å². The van der Waals surface area contributed by atoms with Crippen molar-refractivity contribution in [1.29, 1.82) is 0 Å². The molecule has 0 aromatic heterocycles. The van der Waals surface area contributed by atoms with E-state index in [1.165, 1.54) is 13.0 Å².